The third-order valence-corrected chi connectivity index (χ3v) is 10.4. The Morgan fingerprint density at radius 1 is 0.695 bits per heavy atom. The average Bonchev–Trinajstić information content (AvgIpc) is 3.58. The molecule has 0 fully saturated rings. The van der Waals surface area contributed by atoms with E-state index in [1.54, 1.807) is 0 Å². The third-order valence-electron chi connectivity index (χ3n) is 6.95. The van der Waals surface area contributed by atoms with Gasteiger partial charge in [-0.1, -0.05) is 18.2 Å². The molecule has 30 heteroatoms. The van der Waals surface area contributed by atoms with Crippen molar-refractivity contribution in [3.05, 3.63) is 87.9 Å². The minimum Gasteiger partial charge on any atom is -0.744 e. The maximum atomic E-state index is 13.5. The molecule has 3 aromatic rings. The van der Waals surface area contributed by atoms with Crippen molar-refractivity contribution >= 4 is 75.8 Å². The first-order valence-electron chi connectivity index (χ1n) is 14.7. The average molecular weight is 999 g/mol. The Labute approximate surface area is 506 Å². The second kappa shape index (κ2) is 24.5. The predicted octanol–water partition coefficient (Wildman–Crippen LogP) is -12.6. The number of carbonyl (C=O) groups is 3. The van der Waals surface area contributed by atoms with Crippen molar-refractivity contribution in [2.24, 2.45) is 5.10 Å². The molecule has 1 amide bonds. The molecule has 2 heterocycles. The summed E-state index contributed by atoms with van der Waals surface area (Å²) in [7, 11) is -21.4. The summed E-state index contributed by atoms with van der Waals surface area (Å²) in [6.45, 7) is 2.29. The number of rotatable bonds is 13. The second-order valence-corrected chi connectivity index (χ2v) is 15.9. The number of aromatic nitrogens is 2. The molecule has 0 atom stereocenters. The van der Waals surface area contributed by atoms with Crippen LogP contribution in [0.1, 0.15) is 29.9 Å². The summed E-state index contributed by atoms with van der Waals surface area (Å²) in [6, 6.07) is 2.73. The number of nitrogens with one attached hydrogen (secondary N) is 1. The molecule has 59 heavy (non-hydrogen) atoms. The van der Waals surface area contributed by atoms with E-state index in [1.807, 2.05) is 0 Å². The number of nitrogens with zero attached hydrogens (tertiary/aromatic N) is 3. The molecule has 0 saturated heterocycles. The van der Waals surface area contributed by atoms with Crippen molar-refractivity contribution in [2.75, 3.05) is 18.2 Å². The summed E-state index contributed by atoms with van der Waals surface area (Å²) in [5, 5.41) is 6.10. The van der Waals surface area contributed by atoms with Gasteiger partial charge in [0.05, 0.1) is 55.3 Å². The first-order valence-corrected chi connectivity index (χ1v) is 20.3. The summed E-state index contributed by atoms with van der Waals surface area (Å²) in [4.78, 5) is 47.9. The van der Waals surface area contributed by atoms with Gasteiger partial charge in [0.25, 0.3) is 11.5 Å². The Kier molecular flexibility index (Phi) is 24.8. The standard InChI is InChI=1S/C29H26N4O18S4.4K/c1-3-50-28(36)24-18(26(34)32(30-24)20-14-16(52(38,39)40)10-12-22(20)54(44,45)46)8-6-5-7-9-19-25(29(37)51-4-2)31-33(27(19)35)21-15-17(53(41,42)43)11-13-23(21)55(47,48)49;;;;/h5-15,30H,3-4H2,1-2H3,(H,38,39,40)(H,41,42,43)(H,44,45,46)(H,47,48,49);;;;/q;4*+1/p-4/b7-5+,8-6+,19-9+;;;;. The molecule has 0 radical (unpaired) electrons. The number of esters is 2. The molecule has 0 aliphatic carbocycles. The summed E-state index contributed by atoms with van der Waals surface area (Å²) >= 11 is 0. The maximum Gasteiger partial charge on any atom is 1.00 e. The van der Waals surface area contributed by atoms with Gasteiger partial charge in [-0.3, -0.25) is 14.7 Å². The number of anilines is 1. The van der Waals surface area contributed by atoms with Crippen LogP contribution in [0.5, 0.6) is 0 Å². The molecule has 0 bridgehead atoms. The van der Waals surface area contributed by atoms with Crippen LogP contribution in [-0.2, 0) is 59.5 Å². The topological polar surface area (TPSA) is 352 Å². The Morgan fingerprint density at radius 2 is 1.17 bits per heavy atom. The summed E-state index contributed by atoms with van der Waals surface area (Å²) in [5.74, 6) is -3.75. The van der Waals surface area contributed by atoms with Gasteiger partial charge in [-0.15, -0.1) is 0 Å². The number of aromatic amines is 1. The molecule has 2 aromatic carbocycles. The number of hydrogen-bond acceptors (Lipinski definition) is 19. The molecular weight excluding hydrogens is 977 g/mol. The van der Waals surface area contributed by atoms with E-state index in [0.29, 0.717) is 41.1 Å². The molecule has 4 rings (SSSR count). The van der Waals surface area contributed by atoms with Gasteiger partial charge in [0.15, 0.2) is 11.4 Å². The number of benzene rings is 2. The number of ether oxygens (including phenoxy) is 2. The van der Waals surface area contributed by atoms with Crippen LogP contribution in [0.3, 0.4) is 0 Å². The van der Waals surface area contributed by atoms with Gasteiger partial charge in [0.2, 0.25) is 0 Å². The molecule has 22 nitrogen and oxygen atoms in total. The molecule has 1 aliphatic rings. The number of hydrogen-bond donors (Lipinski definition) is 1. The number of allylic oxidation sites excluding steroid dienone is 4. The van der Waals surface area contributed by atoms with Gasteiger partial charge in [0, 0.05) is 0 Å². The summed E-state index contributed by atoms with van der Waals surface area (Å²) in [6.07, 6.45) is 4.99. The Balaban J connectivity index is 0.00000841. The Hall–Kier alpha value is 0.935. The van der Waals surface area contributed by atoms with E-state index in [4.69, 9.17) is 9.47 Å². The summed E-state index contributed by atoms with van der Waals surface area (Å²) in [5.41, 5.74) is -5.81. The van der Waals surface area contributed by atoms with Crippen LogP contribution in [0, 0.1) is 0 Å². The minimum atomic E-state index is -5.44. The zero-order chi connectivity index (χ0) is 41.3. The van der Waals surface area contributed by atoms with Gasteiger partial charge < -0.3 is 27.7 Å². The summed E-state index contributed by atoms with van der Waals surface area (Å²) < 4.78 is 151. The van der Waals surface area contributed by atoms with Crippen molar-refractivity contribution in [3.8, 4) is 5.69 Å². The smallest absolute Gasteiger partial charge is 0.744 e. The van der Waals surface area contributed by atoms with Crippen LogP contribution in [0.15, 0.2) is 95.8 Å². The molecule has 0 saturated carbocycles. The SMILES string of the molecule is CCOC(=O)C1=NN(c2cc(S(=O)(=O)[O-])ccc2S(=O)(=O)[O-])C(=O)/C1=C/C=C/C=C/c1c(C(=O)OCC)[nH]n(-c2cc(S(=O)(=O)[O-])ccc2S(=O)(=O)[O-])c1=O.[K+].[K+].[K+].[K+]. The first kappa shape index (κ1) is 59.9. The molecule has 1 N–H and O–H groups in total. The van der Waals surface area contributed by atoms with Gasteiger partial charge in [-0.25, -0.2) is 47.9 Å². The van der Waals surface area contributed by atoms with E-state index in [1.165, 1.54) is 13.8 Å². The van der Waals surface area contributed by atoms with E-state index in [9.17, 15) is 71.1 Å². The van der Waals surface area contributed by atoms with Crippen LogP contribution in [0.25, 0.3) is 11.8 Å². The van der Waals surface area contributed by atoms with E-state index in [0.717, 1.165) is 30.4 Å². The molecule has 1 aromatic heterocycles. The van der Waals surface area contributed by atoms with Crippen molar-refractivity contribution in [3.63, 3.8) is 0 Å². The predicted molar refractivity (Wildman–Crippen MR) is 178 cm³/mol. The van der Waals surface area contributed by atoms with Crippen LogP contribution >= 0.6 is 0 Å². The van der Waals surface area contributed by atoms with E-state index in [2.05, 4.69) is 10.2 Å². The van der Waals surface area contributed by atoms with Gasteiger partial charge in [-0.05, 0) is 62.4 Å². The largest absolute Gasteiger partial charge is 1.00 e. The van der Waals surface area contributed by atoms with Crippen LogP contribution in [0.4, 0.5) is 5.69 Å². The fourth-order valence-corrected chi connectivity index (χ4v) is 6.91. The van der Waals surface area contributed by atoms with Crippen LogP contribution < -0.4 is 216 Å². The molecule has 1 aliphatic heterocycles. The van der Waals surface area contributed by atoms with Gasteiger partial charge >= 0.3 is 217 Å². The monoisotopic (exact) mass is 998 g/mol. The normalized spacial score (nSPS) is 13.9. The van der Waals surface area contributed by atoms with Gasteiger partial charge in [-0.2, -0.15) is 10.1 Å². The van der Waals surface area contributed by atoms with E-state index >= 15 is 0 Å². The molecule has 0 spiro atoms. The Morgan fingerprint density at radius 3 is 1.64 bits per heavy atom. The molecule has 294 valence electrons. The van der Waals surface area contributed by atoms with E-state index in [-0.39, 0.29) is 224 Å². The third kappa shape index (κ3) is 15.0. The zero-order valence-corrected chi connectivity index (χ0v) is 47.3. The second-order valence-electron chi connectivity index (χ2n) is 10.4. The maximum absolute atomic E-state index is 13.5. The van der Waals surface area contributed by atoms with Crippen molar-refractivity contribution in [1.29, 1.82) is 0 Å². The number of hydrazone groups is 1. The fraction of sp³-hybridized carbons (Fsp3) is 0.138. The fourth-order valence-electron chi connectivity index (χ4n) is 4.65. The Bertz CT molecular complexity index is 2780. The van der Waals surface area contributed by atoms with Gasteiger partial charge in [0.1, 0.15) is 40.5 Å². The van der Waals surface area contributed by atoms with Crippen molar-refractivity contribution in [2.45, 2.75) is 33.4 Å². The van der Waals surface area contributed by atoms with Crippen LogP contribution in [0.2, 0.25) is 0 Å². The van der Waals surface area contributed by atoms with Crippen molar-refractivity contribution in [1.82, 2.24) is 9.78 Å². The molecule has 0 unspecified atom stereocenters. The minimum absolute atomic E-state index is 0. The van der Waals surface area contributed by atoms with Crippen LogP contribution in [-0.4, -0.2) is 98.4 Å². The number of carbonyl (C=O) groups excluding carboxylic acids is 3. The van der Waals surface area contributed by atoms with E-state index < -0.39 is 117 Å². The quantitative estimate of drug-likeness (QED) is 0.0546. The molecular formula is C29H22K4N4O18S4. The number of amides is 1. The zero-order valence-electron chi connectivity index (χ0n) is 31.6. The number of H-pyrrole nitrogens is 1. The first-order chi connectivity index (χ1) is 25.4. The van der Waals surface area contributed by atoms with Crippen molar-refractivity contribution < 1.29 is 281 Å².